The van der Waals surface area contributed by atoms with Gasteiger partial charge in [-0.1, -0.05) is 0 Å². The molecule has 1 aromatic carbocycles. The molecule has 1 rings (SSSR count). The van der Waals surface area contributed by atoms with E-state index in [0.717, 1.165) is 6.07 Å². The van der Waals surface area contributed by atoms with E-state index in [1.165, 1.54) is 19.2 Å². The van der Waals surface area contributed by atoms with Gasteiger partial charge in [0.1, 0.15) is 16.4 Å². The molecule has 0 fully saturated rings. The van der Waals surface area contributed by atoms with Gasteiger partial charge in [0.25, 0.3) is 9.05 Å². The molecule has 72 valence electrons. The Morgan fingerprint density at radius 3 is 2.54 bits per heavy atom. The molecule has 0 saturated carbocycles. The second kappa shape index (κ2) is 3.43. The van der Waals surface area contributed by atoms with E-state index in [0.29, 0.717) is 0 Å². The van der Waals surface area contributed by atoms with E-state index < -0.39 is 9.05 Å². The zero-order valence-corrected chi connectivity index (χ0v) is 8.26. The molecule has 0 aliphatic carbocycles. The van der Waals surface area contributed by atoms with Gasteiger partial charge in [0.05, 0.1) is 7.11 Å². The largest absolute Gasteiger partial charge is 0.508 e. The van der Waals surface area contributed by atoms with Crippen LogP contribution in [0, 0.1) is 0 Å². The third-order valence-electron chi connectivity index (χ3n) is 1.41. The zero-order valence-electron chi connectivity index (χ0n) is 6.69. The highest BCUT2D eigenvalue weighted by atomic mass is 35.7. The third kappa shape index (κ3) is 2.26. The molecule has 1 N–H and O–H groups in total. The minimum absolute atomic E-state index is 0.104. The monoisotopic (exact) mass is 222 g/mol. The lowest BCUT2D eigenvalue weighted by Gasteiger charge is -2.04. The highest BCUT2D eigenvalue weighted by molar-refractivity contribution is 8.13. The summed E-state index contributed by atoms with van der Waals surface area (Å²) in [5, 5.41) is 9.02. The summed E-state index contributed by atoms with van der Waals surface area (Å²) in [6.07, 6.45) is 0. The Morgan fingerprint density at radius 2 is 2.08 bits per heavy atom. The number of hydrogen-bond acceptors (Lipinski definition) is 4. The second-order valence-corrected chi connectivity index (χ2v) is 4.81. The first-order chi connectivity index (χ1) is 5.95. The molecule has 0 radical (unpaired) electrons. The van der Waals surface area contributed by atoms with E-state index in [9.17, 15) is 8.42 Å². The molecule has 1 aromatic rings. The first-order valence-electron chi connectivity index (χ1n) is 3.27. The van der Waals surface area contributed by atoms with Crippen LogP contribution < -0.4 is 4.74 Å². The second-order valence-electron chi connectivity index (χ2n) is 2.27. The Kier molecular flexibility index (Phi) is 2.68. The molecule has 0 aliphatic heterocycles. The maximum absolute atomic E-state index is 10.9. The van der Waals surface area contributed by atoms with Gasteiger partial charge in [0.2, 0.25) is 0 Å². The van der Waals surface area contributed by atoms with E-state index >= 15 is 0 Å². The molecular weight excluding hydrogens is 216 g/mol. The van der Waals surface area contributed by atoms with E-state index in [1.807, 2.05) is 0 Å². The summed E-state index contributed by atoms with van der Waals surface area (Å²) in [6.45, 7) is 0. The molecule has 0 aromatic heterocycles. The Bertz CT molecular complexity index is 413. The van der Waals surface area contributed by atoms with Crippen LogP contribution in [0.5, 0.6) is 11.5 Å². The average molecular weight is 223 g/mol. The van der Waals surface area contributed by atoms with Crippen molar-refractivity contribution in [3.05, 3.63) is 18.2 Å². The zero-order chi connectivity index (χ0) is 10.1. The van der Waals surface area contributed by atoms with Crippen molar-refractivity contribution in [2.45, 2.75) is 4.90 Å². The number of aromatic hydroxyl groups is 1. The molecule has 0 heterocycles. The molecule has 0 aliphatic rings. The standard InChI is InChI=1S/C7H7ClO4S/c1-12-6-3-2-5(9)4-7(6)13(8,10)11/h2-4,9H,1H3. The quantitative estimate of drug-likeness (QED) is 0.767. The van der Waals surface area contributed by atoms with Crippen LogP contribution in [0.25, 0.3) is 0 Å². The van der Waals surface area contributed by atoms with Crippen LogP contribution in [-0.4, -0.2) is 20.6 Å². The Labute approximate surface area is 80.1 Å². The van der Waals surface area contributed by atoms with Crippen LogP contribution in [0.4, 0.5) is 0 Å². The fourth-order valence-corrected chi connectivity index (χ4v) is 1.87. The summed E-state index contributed by atoms with van der Waals surface area (Å²) < 4.78 is 26.6. The van der Waals surface area contributed by atoms with Crippen LogP contribution >= 0.6 is 10.7 Å². The molecule has 6 heteroatoms. The lowest BCUT2D eigenvalue weighted by molar-refractivity contribution is 0.399. The third-order valence-corrected chi connectivity index (χ3v) is 2.75. The molecule has 0 unspecified atom stereocenters. The van der Waals surface area contributed by atoms with E-state index in [4.69, 9.17) is 20.5 Å². The normalized spacial score (nSPS) is 11.2. The SMILES string of the molecule is COc1ccc(O)cc1S(=O)(=O)Cl. The Morgan fingerprint density at radius 1 is 1.46 bits per heavy atom. The van der Waals surface area contributed by atoms with Crippen molar-refractivity contribution in [2.75, 3.05) is 7.11 Å². The van der Waals surface area contributed by atoms with Crippen molar-refractivity contribution in [3.8, 4) is 11.5 Å². The highest BCUT2D eigenvalue weighted by Gasteiger charge is 2.16. The summed E-state index contributed by atoms with van der Waals surface area (Å²) in [7, 11) is 2.53. The molecule has 0 saturated heterocycles. The molecule has 13 heavy (non-hydrogen) atoms. The van der Waals surface area contributed by atoms with Crippen molar-refractivity contribution in [1.82, 2.24) is 0 Å². The first-order valence-corrected chi connectivity index (χ1v) is 5.58. The summed E-state index contributed by atoms with van der Waals surface area (Å²) in [5.74, 6) is -0.0761. The van der Waals surface area contributed by atoms with E-state index in [1.54, 1.807) is 0 Å². The number of halogens is 1. The van der Waals surface area contributed by atoms with Crippen LogP contribution in [0.3, 0.4) is 0 Å². The molecule has 0 atom stereocenters. The number of rotatable bonds is 2. The predicted molar refractivity (Wildman–Crippen MR) is 47.7 cm³/mol. The minimum atomic E-state index is -3.88. The van der Waals surface area contributed by atoms with Crippen molar-refractivity contribution in [2.24, 2.45) is 0 Å². The first kappa shape index (κ1) is 10.1. The number of hydrogen-bond donors (Lipinski definition) is 1. The highest BCUT2D eigenvalue weighted by Crippen LogP contribution is 2.29. The van der Waals surface area contributed by atoms with Gasteiger partial charge in [-0.3, -0.25) is 0 Å². The molecule has 0 bridgehead atoms. The predicted octanol–water partition coefficient (Wildman–Crippen LogP) is 1.33. The summed E-state index contributed by atoms with van der Waals surface area (Å²) in [4.78, 5) is -0.239. The van der Waals surface area contributed by atoms with Gasteiger partial charge < -0.3 is 9.84 Å². The van der Waals surface area contributed by atoms with Crippen LogP contribution in [0.15, 0.2) is 23.1 Å². The summed E-state index contributed by atoms with van der Waals surface area (Å²) in [5.41, 5.74) is 0. The lowest BCUT2D eigenvalue weighted by atomic mass is 10.3. The topological polar surface area (TPSA) is 63.6 Å². The van der Waals surface area contributed by atoms with Crippen molar-refractivity contribution >= 4 is 19.7 Å². The minimum Gasteiger partial charge on any atom is -0.508 e. The Hall–Kier alpha value is -0.940. The molecule has 0 spiro atoms. The van der Waals surface area contributed by atoms with Gasteiger partial charge in [-0.05, 0) is 12.1 Å². The van der Waals surface area contributed by atoms with Crippen LogP contribution in [-0.2, 0) is 9.05 Å². The maximum Gasteiger partial charge on any atom is 0.265 e. The number of ether oxygens (including phenoxy) is 1. The van der Waals surface area contributed by atoms with Gasteiger partial charge in [0.15, 0.2) is 0 Å². The summed E-state index contributed by atoms with van der Waals surface area (Å²) in [6, 6.07) is 3.66. The van der Waals surface area contributed by atoms with Gasteiger partial charge in [0, 0.05) is 16.7 Å². The van der Waals surface area contributed by atoms with Gasteiger partial charge >= 0.3 is 0 Å². The van der Waals surface area contributed by atoms with Gasteiger partial charge in [-0.15, -0.1) is 0 Å². The van der Waals surface area contributed by atoms with Crippen molar-refractivity contribution < 1.29 is 18.3 Å². The molecule has 4 nitrogen and oxygen atoms in total. The number of methoxy groups -OCH3 is 1. The van der Waals surface area contributed by atoms with Crippen molar-refractivity contribution in [1.29, 1.82) is 0 Å². The average Bonchev–Trinajstić information content (AvgIpc) is 2.03. The number of benzene rings is 1. The number of phenols is 1. The number of phenolic OH excluding ortho intramolecular Hbond substituents is 1. The smallest absolute Gasteiger partial charge is 0.265 e. The maximum atomic E-state index is 10.9. The summed E-state index contributed by atoms with van der Waals surface area (Å²) >= 11 is 0. The van der Waals surface area contributed by atoms with Crippen LogP contribution in [0.1, 0.15) is 0 Å². The van der Waals surface area contributed by atoms with Crippen LogP contribution in [0.2, 0.25) is 0 Å². The van der Waals surface area contributed by atoms with E-state index in [2.05, 4.69) is 0 Å². The Balaban J connectivity index is 3.41. The van der Waals surface area contributed by atoms with Gasteiger partial charge in [-0.25, -0.2) is 8.42 Å². The molecular formula is C7H7ClO4S. The fraction of sp³-hybridized carbons (Fsp3) is 0.143. The van der Waals surface area contributed by atoms with E-state index in [-0.39, 0.29) is 16.4 Å². The molecule has 0 amide bonds. The fourth-order valence-electron chi connectivity index (χ4n) is 0.856. The lowest BCUT2D eigenvalue weighted by Crippen LogP contribution is -1.95. The van der Waals surface area contributed by atoms with Gasteiger partial charge in [-0.2, -0.15) is 0 Å². The van der Waals surface area contributed by atoms with Crippen molar-refractivity contribution in [3.63, 3.8) is 0 Å².